The lowest BCUT2D eigenvalue weighted by molar-refractivity contribution is 0.0948. The van der Waals surface area contributed by atoms with Crippen molar-refractivity contribution < 1.29 is 9.32 Å². The van der Waals surface area contributed by atoms with Crippen LogP contribution < -0.4 is 5.32 Å². The second kappa shape index (κ2) is 6.72. The monoisotopic (exact) mass is 373 g/mol. The molecule has 0 aromatic carbocycles. The predicted octanol–water partition coefficient (Wildman–Crippen LogP) is 3.32. The van der Waals surface area contributed by atoms with Crippen molar-refractivity contribution in [1.82, 2.24) is 25.2 Å². The second-order valence-corrected chi connectivity index (χ2v) is 7.45. The number of amides is 1. The number of nitrogens with one attached hydrogen (secondary N) is 1. The van der Waals surface area contributed by atoms with Crippen LogP contribution in [0.5, 0.6) is 0 Å². The Bertz CT molecular complexity index is 960. The first-order valence-electron chi connectivity index (χ1n) is 8.74. The average Bonchev–Trinajstić information content (AvgIpc) is 3.30. The van der Waals surface area contributed by atoms with E-state index in [1.807, 2.05) is 13.0 Å². The minimum Gasteiger partial charge on any atom is -0.352 e. The van der Waals surface area contributed by atoms with Crippen LogP contribution in [-0.4, -0.2) is 32.4 Å². The Morgan fingerprint density at radius 1 is 1.50 bits per heavy atom. The second-order valence-electron chi connectivity index (χ2n) is 7.01. The number of aryl methyl sites for hydroxylation is 1. The number of hydrogen-bond donors (Lipinski definition) is 1. The van der Waals surface area contributed by atoms with Gasteiger partial charge in [0.1, 0.15) is 0 Å². The number of hydrogen-bond acceptors (Lipinski definition) is 5. The van der Waals surface area contributed by atoms with Crippen molar-refractivity contribution in [1.29, 1.82) is 0 Å². The molecule has 1 fully saturated rings. The molecule has 0 radical (unpaired) electrons. The summed E-state index contributed by atoms with van der Waals surface area (Å²) >= 11 is 5.88. The lowest BCUT2D eigenvalue weighted by Crippen LogP contribution is -2.30. The molecule has 1 aliphatic rings. The van der Waals surface area contributed by atoms with Crippen LogP contribution >= 0.6 is 11.6 Å². The lowest BCUT2D eigenvalue weighted by atomic mass is 10.1. The van der Waals surface area contributed by atoms with Crippen LogP contribution in [0.4, 0.5) is 0 Å². The number of pyridine rings is 1. The molecule has 4 rings (SSSR count). The predicted molar refractivity (Wildman–Crippen MR) is 97.3 cm³/mol. The summed E-state index contributed by atoms with van der Waals surface area (Å²) in [6, 6.07) is 1.89. The van der Waals surface area contributed by atoms with E-state index in [1.54, 1.807) is 17.1 Å². The Balaban J connectivity index is 1.49. The van der Waals surface area contributed by atoms with Gasteiger partial charge in [0.15, 0.2) is 0 Å². The summed E-state index contributed by atoms with van der Waals surface area (Å²) in [5.74, 6) is 0.509. The Kier molecular flexibility index (Phi) is 4.40. The first-order chi connectivity index (χ1) is 12.5. The van der Waals surface area contributed by atoms with Crippen molar-refractivity contribution in [3.05, 3.63) is 40.4 Å². The molecule has 3 aromatic rings. The summed E-state index contributed by atoms with van der Waals surface area (Å²) in [4.78, 5) is 17.3. The fourth-order valence-electron chi connectivity index (χ4n) is 3.07. The van der Waals surface area contributed by atoms with Crippen LogP contribution in [0.15, 0.2) is 23.0 Å². The van der Waals surface area contributed by atoms with Gasteiger partial charge in [-0.1, -0.05) is 23.7 Å². The van der Waals surface area contributed by atoms with Crippen LogP contribution in [0.2, 0.25) is 5.02 Å². The van der Waals surface area contributed by atoms with E-state index in [1.165, 1.54) is 0 Å². The van der Waals surface area contributed by atoms with Gasteiger partial charge in [0, 0.05) is 30.9 Å². The molecule has 1 amide bonds. The quantitative estimate of drug-likeness (QED) is 0.716. The van der Waals surface area contributed by atoms with E-state index in [4.69, 9.17) is 16.1 Å². The topological polar surface area (TPSA) is 85.8 Å². The van der Waals surface area contributed by atoms with Gasteiger partial charge in [-0.05, 0) is 31.7 Å². The molecular weight excluding hydrogens is 354 g/mol. The van der Waals surface area contributed by atoms with E-state index < -0.39 is 0 Å². The van der Waals surface area contributed by atoms with Crippen molar-refractivity contribution in [3.63, 3.8) is 0 Å². The Morgan fingerprint density at radius 2 is 2.31 bits per heavy atom. The van der Waals surface area contributed by atoms with Crippen molar-refractivity contribution >= 4 is 28.6 Å². The van der Waals surface area contributed by atoms with E-state index in [0.29, 0.717) is 46.4 Å². The first kappa shape index (κ1) is 17.0. The number of halogens is 1. The van der Waals surface area contributed by atoms with E-state index in [0.717, 1.165) is 18.5 Å². The van der Waals surface area contributed by atoms with Crippen LogP contribution in [-0.2, 0) is 6.54 Å². The van der Waals surface area contributed by atoms with Gasteiger partial charge in [0.25, 0.3) is 11.6 Å². The van der Waals surface area contributed by atoms with E-state index in [9.17, 15) is 4.79 Å². The standard InChI is InChI=1S/C18H20ClN5O2/c1-10(8-24-9-13(19)7-21-24)6-20-17(25)14-5-15(12-3-4-12)22-18-16(14)11(2)23-26-18/h5,7,9-10,12H,3-4,6,8H2,1-2H3,(H,20,25)/t10-/m1/s1. The van der Waals surface area contributed by atoms with Crippen LogP contribution in [0.25, 0.3) is 11.1 Å². The zero-order valence-corrected chi connectivity index (χ0v) is 15.5. The molecule has 0 aliphatic heterocycles. The third-order valence-electron chi connectivity index (χ3n) is 4.59. The fraction of sp³-hybridized carbons (Fsp3) is 0.444. The Morgan fingerprint density at radius 3 is 3.00 bits per heavy atom. The number of rotatable bonds is 6. The minimum atomic E-state index is -0.129. The Hall–Kier alpha value is -2.41. The van der Waals surface area contributed by atoms with Crippen LogP contribution in [0.1, 0.15) is 47.4 Å². The summed E-state index contributed by atoms with van der Waals surface area (Å²) in [7, 11) is 0. The number of carbonyl (C=O) groups excluding carboxylic acids is 1. The highest BCUT2D eigenvalue weighted by molar-refractivity contribution is 6.30. The molecule has 1 aliphatic carbocycles. The molecule has 0 saturated heterocycles. The van der Waals surface area contributed by atoms with Crippen molar-refractivity contribution in [3.8, 4) is 0 Å². The van der Waals surface area contributed by atoms with Crippen molar-refractivity contribution in [2.24, 2.45) is 5.92 Å². The highest BCUT2D eigenvalue weighted by Gasteiger charge is 2.28. The highest BCUT2D eigenvalue weighted by Crippen LogP contribution is 2.40. The molecule has 1 N–H and O–H groups in total. The zero-order valence-electron chi connectivity index (χ0n) is 14.7. The molecule has 8 heteroatoms. The highest BCUT2D eigenvalue weighted by atomic mass is 35.5. The van der Waals surface area contributed by atoms with Gasteiger partial charge in [-0.2, -0.15) is 5.10 Å². The molecule has 3 heterocycles. The van der Waals surface area contributed by atoms with E-state index >= 15 is 0 Å². The summed E-state index contributed by atoms with van der Waals surface area (Å²) in [5.41, 5.74) is 2.62. The summed E-state index contributed by atoms with van der Waals surface area (Å²) in [5, 5.41) is 12.5. The third kappa shape index (κ3) is 3.44. The maximum absolute atomic E-state index is 12.8. The van der Waals surface area contributed by atoms with Crippen molar-refractivity contribution in [2.75, 3.05) is 6.54 Å². The molecule has 0 spiro atoms. The number of carbonyl (C=O) groups is 1. The lowest BCUT2D eigenvalue weighted by Gasteiger charge is -2.13. The largest absolute Gasteiger partial charge is 0.352 e. The molecule has 1 atom stereocenters. The third-order valence-corrected chi connectivity index (χ3v) is 4.78. The average molecular weight is 374 g/mol. The van der Waals surface area contributed by atoms with Gasteiger partial charge in [0.2, 0.25) is 0 Å². The summed E-state index contributed by atoms with van der Waals surface area (Å²) in [6.45, 7) is 5.09. The number of fused-ring (bicyclic) bond motifs is 1. The molecule has 7 nitrogen and oxygen atoms in total. The molecular formula is C18H20ClN5O2. The SMILES string of the molecule is Cc1noc2nc(C3CC3)cc(C(=O)NC[C@@H](C)Cn3cc(Cl)cn3)c12. The Labute approximate surface area is 155 Å². The molecule has 3 aromatic heterocycles. The van der Waals surface area contributed by atoms with E-state index in [2.05, 4.69) is 27.5 Å². The zero-order chi connectivity index (χ0) is 18.3. The number of aromatic nitrogens is 4. The van der Waals surface area contributed by atoms with Crippen molar-refractivity contribution in [2.45, 2.75) is 39.2 Å². The molecule has 1 saturated carbocycles. The minimum absolute atomic E-state index is 0.129. The molecule has 0 bridgehead atoms. The normalized spacial score (nSPS) is 15.3. The molecule has 26 heavy (non-hydrogen) atoms. The van der Waals surface area contributed by atoms with Crippen LogP contribution in [0.3, 0.4) is 0 Å². The van der Waals surface area contributed by atoms with Gasteiger partial charge >= 0.3 is 0 Å². The number of nitrogens with zero attached hydrogens (tertiary/aromatic N) is 4. The molecule has 136 valence electrons. The fourth-order valence-corrected chi connectivity index (χ4v) is 3.22. The first-order valence-corrected chi connectivity index (χ1v) is 9.12. The maximum atomic E-state index is 12.8. The summed E-state index contributed by atoms with van der Waals surface area (Å²) in [6.07, 6.45) is 5.59. The van der Waals surface area contributed by atoms with Gasteiger partial charge in [-0.3, -0.25) is 9.48 Å². The maximum Gasteiger partial charge on any atom is 0.259 e. The van der Waals surface area contributed by atoms with Crippen LogP contribution in [0, 0.1) is 12.8 Å². The van der Waals surface area contributed by atoms with E-state index in [-0.39, 0.29) is 11.8 Å². The summed E-state index contributed by atoms with van der Waals surface area (Å²) < 4.78 is 7.08. The van der Waals surface area contributed by atoms with Gasteiger partial charge in [0.05, 0.1) is 27.9 Å². The molecule has 0 unspecified atom stereocenters. The smallest absolute Gasteiger partial charge is 0.259 e. The van der Waals surface area contributed by atoms with Gasteiger partial charge < -0.3 is 9.84 Å². The van der Waals surface area contributed by atoms with Gasteiger partial charge in [-0.25, -0.2) is 4.98 Å². The van der Waals surface area contributed by atoms with Gasteiger partial charge in [-0.15, -0.1) is 0 Å².